The molecule has 0 unspecified atom stereocenters. The summed E-state index contributed by atoms with van der Waals surface area (Å²) in [6, 6.07) is 15.1. The van der Waals surface area contributed by atoms with Gasteiger partial charge in [0.25, 0.3) is 0 Å². The summed E-state index contributed by atoms with van der Waals surface area (Å²) < 4.78 is 25.0. The summed E-state index contributed by atoms with van der Waals surface area (Å²) in [5, 5.41) is 11.7. The summed E-state index contributed by atoms with van der Waals surface area (Å²) >= 11 is 5.90. The number of nitriles is 1. The zero-order chi connectivity index (χ0) is 18.4. The molecule has 2 rings (SSSR count). The van der Waals surface area contributed by atoms with E-state index in [1.54, 1.807) is 42.5 Å². The van der Waals surface area contributed by atoms with Crippen molar-refractivity contribution < 1.29 is 13.2 Å². The highest BCUT2D eigenvalue weighted by Crippen LogP contribution is 2.21. The van der Waals surface area contributed by atoms with Gasteiger partial charge in [-0.3, -0.25) is 9.10 Å². The number of nitrogens with zero attached hydrogens (tertiary/aromatic N) is 2. The van der Waals surface area contributed by atoms with E-state index in [0.29, 0.717) is 16.4 Å². The summed E-state index contributed by atoms with van der Waals surface area (Å²) in [6.07, 6.45) is 1.31. The number of sulfonamides is 1. The van der Waals surface area contributed by atoms with E-state index in [9.17, 15) is 13.2 Å². The molecule has 2 aromatic rings. The molecule has 0 heterocycles. The van der Waals surface area contributed by atoms with Crippen molar-refractivity contribution in [2.75, 3.05) is 22.4 Å². The number of halogens is 1. The van der Waals surface area contributed by atoms with Gasteiger partial charge in [-0.15, -0.1) is 0 Å². The Kier molecular flexibility index (Phi) is 6.02. The Morgan fingerprint density at radius 3 is 2.48 bits per heavy atom. The zero-order valence-corrected chi connectivity index (χ0v) is 15.0. The van der Waals surface area contributed by atoms with Crippen LogP contribution in [0.15, 0.2) is 48.5 Å². The number of hydrogen-bond acceptors (Lipinski definition) is 4. The number of rotatable bonds is 6. The molecule has 130 valence electrons. The maximum absolute atomic E-state index is 12.2. The number of carbonyl (C=O) groups excluding carboxylic acids is 1. The van der Waals surface area contributed by atoms with E-state index in [2.05, 4.69) is 5.32 Å². The highest BCUT2D eigenvalue weighted by Gasteiger charge is 2.21. The molecule has 0 aromatic heterocycles. The van der Waals surface area contributed by atoms with Crippen molar-refractivity contribution in [3.63, 3.8) is 0 Å². The second-order valence-electron chi connectivity index (χ2n) is 5.33. The largest absolute Gasteiger partial charge is 0.325 e. The molecule has 0 aliphatic heterocycles. The molecule has 0 fully saturated rings. The van der Waals surface area contributed by atoms with Crippen LogP contribution in [0.2, 0.25) is 5.02 Å². The highest BCUT2D eigenvalue weighted by atomic mass is 35.5. The maximum atomic E-state index is 12.2. The van der Waals surface area contributed by atoms with Crippen molar-refractivity contribution >= 4 is 38.9 Å². The molecular weight excluding hydrogens is 362 g/mol. The van der Waals surface area contributed by atoms with Crippen LogP contribution in [0.5, 0.6) is 0 Å². The molecule has 0 atom stereocenters. The molecule has 0 aliphatic carbocycles. The topological polar surface area (TPSA) is 90.3 Å². The minimum absolute atomic E-state index is 0.283. The number of amides is 1. The highest BCUT2D eigenvalue weighted by molar-refractivity contribution is 7.92. The van der Waals surface area contributed by atoms with Crippen molar-refractivity contribution in [2.24, 2.45) is 0 Å². The molecule has 0 radical (unpaired) electrons. The van der Waals surface area contributed by atoms with Crippen molar-refractivity contribution in [3.8, 4) is 6.07 Å². The molecule has 1 amide bonds. The smallest absolute Gasteiger partial charge is 0.245 e. The summed E-state index contributed by atoms with van der Waals surface area (Å²) in [5.41, 5.74) is 1.66. The minimum atomic E-state index is -3.66. The SMILES string of the molecule is CS(=O)(=O)N(CC(=O)Nc1ccc(CC#N)cc1)c1cccc(Cl)c1. The third-order valence-electron chi connectivity index (χ3n) is 3.30. The lowest BCUT2D eigenvalue weighted by atomic mass is 10.1. The average molecular weight is 378 g/mol. The Morgan fingerprint density at radius 2 is 1.92 bits per heavy atom. The second kappa shape index (κ2) is 8.01. The lowest BCUT2D eigenvalue weighted by molar-refractivity contribution is -0.114. The molecule has 25 heavy (non-hydrogen) atoms. The fraction of sp³-hybridized carbons (Fsp3) is 0.176. The summed E-state index contributed by atoms with van der Waals surface area (Å²) in [7, 11) is -3.66. The van der Waals surface area contributed by atoms with Crippen LogP contribution >= 0.6 is 11.6 Å². The first-order valence-corrected chi connectivity index (χ1v) is 9.51. The van der Waals surface area contributed by atoms with E-state index >= 15 is 0 Å². The summed E-state index contributed by atoms with van der Waals surface area (Å²) in [6.45, 7) is -0.376. The Balaban J connectivity index is 2.13. The molecule has 2 aromatic carbocycles. The van der Waals surface area contributed by atoms with Gasteiger partial charge in [0.05, 0.1) is 24.4 Å². The van der Waals surface area contributed by atoms with Crippen molar-refractivity contribution in [1.82, 2.24) is 0 Å². The lowest BCUT2D eigenvalue weighted by Crippen LogP contribution is -2.37. The van der Waals surface area contributed by atoms with Crippen molar-refractivity contribution in [2.45, 2.75) is 6.42 Å². The normalized spacial score (nSPS) is 10.8. The van der Waals surface area contributed by atoms with Crippen LogP contribution in [-0.2, 0) is 21.2 Å². The predicted molar refractivity (Wildman–Crippen MR) is 98.0 cm³/mol. The molecule has 0 saturated heterocycles. The second-order valence-corrected chi connectivity index (χ2v) is 7.67. The monoisotopic (exact) mass is 377 g/mol. The van der Waals surface area contributed by atoms with Gasteiger partial charge in [0, 0.05) is 10.7 Å². The average Bonchev–Trinajstić information content (AvgIpc) is 2.54. The first-order chi connectivity index (χ1) is 11.8. The first-order valence-electron chi connectivity index (χ1n) is 7.28. The van der Waals surface area contributed by atoms with E-state index in [1.165, 1.54) is 6.07 Å². The van der Waals surface area contributed by atoms with E-state index in [0.717, 1.165) is 16.1 Å². The molecule has 0 spiro atoms. The van der Waals surface area contributed by atoms with Crippen LogP contribution in [0.4, 0.5) is 11.4 Å². The Labute approximate surface area is 151 Å². The fourth-order valence-corrected chi connectivity index (χ4v) is 3.19. The summed E-state index contributed by atoms with van der Waals surface area (Å²) in [4.78, 5) is 12.2. The standard InChI is InChI=1S/C17H16ClN3O3S/c1-25(23,24)21(16-4-2-3-14(18)11-16)12-17(22)20-15-7-5-13(6-8-15)9-10-19/h2-8,11H,9,12H2,1H3,(H,20,22). The quantitative estimate of drug-likeness (QED) is 0.838. The van der Waals surface area contributed by atoms with Crippen LogP contribution < -0.4 is 9.62 Å². The van der Waals surface area contributed by atoms with Gasteiger partial charge in [-0.1, -0.05) is 29.8 Å². The van der Waals surface area contributed by atoms with Gasteiger partial charge < -0.3 is 5.32 Å². The minimum Gasteiger partial charge on any atom is -0.325 e. The third kappa shape index (κ3) is 5.48. The van der Waals surface area contributed by atoms with E-state index < -0.39 is 15.9 Å². The van der Waals surface area contributed by atoms with Gasteiger partial charge in [-0.2, -0.15) is 5.26 Å². The van der Waals surface area contributed by atoms with E-state index in [1.807, 2.05) is 6.07 Å². The number of hydrogen-bond donors (Lipinski definition) is 1. The fourth-order valence-electron chi connectivity index (χ4n) is 2.16. The lowest BCUT2D eigenvalue weighted by Gasteiger charge is -2.22. The Morgan fingerprint density at radius 1 is 1.24 bits per heavy atom. The van der Waals surface area contributed by atoms with Gasteiger partial charge in [-0.05, 0) is 35.9 Å². The third-order valence-corrected chi connectivity index (χ3v) is 4.68. The van der Waals surface area contributed by atoms with Crippen molar-refractivity contribution in [3.05, 3.63) is 59.1 Å². The number of anilines is 2. The number of benzene rings is 2. The van der Waals surface area contributed by atoms with Gasteiger partial charge >= 0.3 is 0 Å². The molecule has 1 N–H and O–H groups in total. The predicted octanol–water partition coefficient (Wildman–Crippen LogP) is 2.81. The molecule has 6 nitrogen and oxygen atoms in total. The van der Waals surface area contributed by atoms with Crippen LogP contribution in [-0.4, -0.2) is 27.1 Å². The molecule has 0 bridgehead atoms. The van der Waals surface area contributed by atoms with Gasteiger partial charge in [-0.25, -0.2) is 8.42 Å². The Hall–Kier alpha value is -2.56. The first kappa shape index (κ1) is 18.8. The van der Waals surface area contributed by atoms with Gasteiger partial charge in [0.1, 0.15) is 6.54 Å². The van der Waals surface area contributed by atoms with Crippen LogP contribution in [0, 0.1) is 11.3 Å². The molecule has 0 aliphatic rings. The number of carbonyl (C=O) groups is 1. The van der Waals surface area contributed by atoms with E-state index in [4.69, 9.17) is 16.9 Å². The van der Waals surface area contributed by atoms with Gasteiger partial charge in [0.15, 0.2) is 0 Å². The molecular formula is C17H16ClN3O3S. The van der Waals surface area contributed by atoms with E-state index in [-0.39, 0.29) is 13.0 Å². The van der Waals surface area contributed by atoms with Crippen molar-refractivity contribution in [1.29, 1.82) is 5.26 Å². The Bertz CT molecular complexity index is 905. The van der Waals surface area contributed by atoms with Gasteiger partial charge in [0.2, 0.25) is 15.9 Å². The molecule has 0 saturated carbocycles. The maximum Gasteiger partial charge on any atom is 0.245 e. The van der Waals surface area contributed by atoms with Crippen LogP contribution in [0.3, 0.4) is 0 Å². The van der Waals surface area contributed by atoms with Crippen LogP contribution in [0.25, 0.3) is 0 Å². The summed E-state index contributed by atoms with van der Waals surface area (Å²) in [5.74, 6) is -0.488. The molecule has 8 heteroatoms. The number of nitrogens with one attached hydrogen (secondary N) is 1. The zero-order valence-electron chi connectivity index (χ0n) is 13.4. The van der Waals surface area contributed by atoms with Crippen LogP contribution in [0.1, 0.15) is 5.56 Å².